The predicted molar refractivity (Wildman–Crippen MR) is 69.6 cm³/mol. The molecule has 0 fully saturated rings. The van der Waals surface area contributed by atoms with E-state index in [1.165, 1.54) is 6.07 Å². The van der Waals surface area contributed by atoms with Crippen LogP contribution in [-0.4, -0.2) is 0 Å². The second-order valence-corrected chi connectivity index (χ2v) is 4.12. The third kappa shape index (κ3) is 2.88. The summed E-state index contributed by atoms with van der Waals surface area (Å²) >= 11 is 5.78. The van der Waals surface area contributed by atoms with Crippen molar-refractivity contribution in [3.05, 3.63) is 58.9 Å². The van der Waals surface area contributed by atoms with Gasteiger partial charge in [0.2, 0.25) is 0 Å². The van der Waals surface area contributed by atoms with Gasteiger partial charge >= 0.3 is 0 Å². The maximum absolute atomic E-state index is 13.5. The van der Waals surface area contributed by atoms with Crippen molar-refractivity contribution in [1.82, 2.24) is 0 Å². The zero-order chi connectivity index (χ0) is 12.3. The Balaban J connectivity index is 2.10. The van der Waals surface area contributed by atoms with Crippen molar-refractivity contribution >= 4 is 23.0 Å². The lowest BCUT2D eigenvalue weighted by atomic mass is 10.2. The van der Waals surface area contributed by atoms with Crippen LogP contribution in [0.3, 0.4) is 0 Å². The van der Waals surface area contributed by atoms with Gasteiger partial charge < -0.3 is 11.1 Å². The quantitative estimate of drug-likeness (QED) is 0.816. The minimum absolute atomic E-state index is 0.336. The Bertz CT molecular complexity index is 491. The van der Waals surface area contributed by atoms with Crippen LogP contribution < -0.4 is 11.1 Å². The molecular formula is C13H12ClFN2. The van der Waals surface area contributed by atoms with Gasteiger partial charge in [0.1, 0.15) is 5.82 Å². The Hall–Kier alpha value is -1.74. The molecule has 2 aromatic rings. The van der Waals surface area contributed by atoms with Gasteiger partial charge in [-0.1, -0.05) is 29.8 Å². The van der Waals surface area contributed by atoms with E-state index in [9.17, 15) is 4.39 Å². The third-order valence-corrected chi connectivity index (χ3v) is 2.68. The van der Waals surface area contributed by atoms with Gasteiger partial charge in [-0.25, -0.2) is 4.39 Å². The summed E-state index contributed by atoms with van der Waals surface area (Å²) in [5, 5.41) is 3.65. The molecule has 0 radical (unpaired) electrons. The molecule has 0 atom stereocenters. The predicted octanol–water partition coefficient (Wildman–Crippen LogP) is 3.67. The van der Waals surface area contributed by atoms with Gasteiger partial charge in [0.15, 0.2) is 0 Å². The molecule has 0 aromatic heterocycles. The number of anilines is 2. The molecule has 0 unspecified atom stereocenters. The van der Waals surface area contributed by atoms with Crippen molar-refractivity contribution in [2.75, 3.05) is 11.1 Å². The van der Waals surface area contributed by atoms with E-state index in [1.54, 1.807) is 24.3 Å². The van der Waals surface area contributed by atoms with Gasteiger partial charge in [-0.05, 0) is 29.8 Å². The SMILES string of the molecule is Nc1cccc(F)c1NCc1ccc(Cl)cc1. The number of hydrogen-bond acceptors (Lipinski definition) is 2. The smallest absolute Gasteiger partial charge is 0.148 e. The number of rotatable bonds is 3. The average Bonchev–Trinajstić information content (AvgIpc) is 2.31. The zero-order valence-electron chi connectivity index (χ0n) is 9.08. The fourth-order valence-corrected chi connectivity index (χ4v) is 1.65. The normalized spacial score (nSPS) is 10.2. The number of benzene rings is 2. The fourth-order valence-electron chi connectivity index (χ4n) is 1.52. The standard InChI is InChI=1S/C13H12ClFN2/c14-10-6-4-9(5-7-10)8-17-13-11(15)2-1-3-12(13)16/h1-7,17H,8,16H2. The highest BCUT2D eigenvalue weighted by molar-refractivity contribution is 6.30. The molecule has 0 bridgehead atoms. The van der Waals surface area contributed by atoms with Crippen molar-refractivity contribution in [2.24, 2.45) is 0 Å². The summed E-state index contributed by atoms with van der Waals surface area (Å²) in [5.74, 6) is -0.348. The summed E-state index contributed by atoms with van der Waals surface area (Å²) in [6.07, 6.45) is 0. The Kier molecular flexibility index (Phi) is 3.49. The number of halogens is 2. The first-order valence-electron chi connectivity index (χ1n) is 5.19. The van der Waals surface area contributed by atoms with Crippen LogP contribution in [0.2, 0.25) is 5.02 Å². The van der Waals surface area contributed by atoms with Gasteiger partial charge in [-0.15, -0.1) is 0 Å². The number of nitrogens with two attached hydrogens (primary N) is 1. The van der Waals surface area contributed by atoms with Gasteiger partial charge in [0, 0.05) is 11.6 Å². The Morgan fingerprint density at radius 2 is 1.82 bits per heavy atom. The number of nitrogen functional groups attached to an aromatic ring is 1. The van der Waals surface area contributed by atoms with Gasteiger partial charge in [0.05, 0.1) is 11.4 Å². The minimum atomic E-state index is -0.348. The second kappa shape index (κ2) is 5.06. The molecule has 0 aliphatic rings. The van der Waals surface area contributed by atoms with Crippen molar-refractivity contribution in [1.29, 1.82) is 0 Å². The maximum Gasteiger partial charge on any atom is 0.148 e. The third-order valence-electron chi connectivity index (χ3n) is 2.43. The maximum atomic E-state index is 13.5. The Morgan fingerprint density at radius 3 is 2.47 bits per heavy atom. The molecule has 88 valence electrons. The van der Waals surface area contributed by atoms with E-state index in [-0.39, 0.29) is 5.82 Å². The monoisotopic (exact) mass is 250 g/mol. The van der Waals surface area contributed by atoms with Crippen LogP contribution in [0.5, 0.6) is 0 Å². The van der Waals surface area contributed by atoms with Crippen LogP contribution in [0.25, 0.3) is 0 Å². The molecule has 2 aromatic carbocycles. The van der Waals surface area contributed by atoms with E-state index in [4.69, 9.17) is 17.3 Å². The van der Waals surface area contributed by atoms with Crippen LogP contribution in [0.1, 0.15) is 5.56 Å². The lowest BCUT2D eigenvalue weighted by Gasteiger charge is -2.10. The average molecular weight is 251 g/mol. The molecule has 0 aliphatic carbocycles. The summed E-state index contributed by atoms with van der Waals surface area (Å²) in [6.45, 7) is 0.502. The molecule has 3 N–H and O–H groups in total. The topological polar surface area (TPSA) is 38.0 Å². The molecule has 2 nitrogen and oxygen atoms in total. The van der Waals surface area contributed by atoms with Crippen LogP contribution in [0, 0.1) is 5.82 Å². The van der Waals surface area contributed by atoms with Crippen LogP contribution in [0.4, 0.5) is 15.8 Å². The lowest BCUT2D eigenvalue weighted by molar-refractivity contribution is 0.631. The summed E-state index contributed by atoms with van der Waals surface area (Å²) in [5.41, 5.74) is 7.43. The minimum Gasteiger partial charge on any atom is -0.397 e. The summed E-state index contributed by atoms with van der Waals surface area (Å²) < 4.78 is 13.5. The van der Waals surface area contributed by atoms with Crippen LogP contribution in [-0.2, 0) is 6.54 Å². The van der Waals surface area contributed by atoms with Crippen molar-refractivity contribution in [3.63, 3.8) is 0 Å². The molecule has 2 rings (SSSR count). The largest absolute Gasteiger partial charge is 0.397 e. The van der Waals surface area contributed by atoms with Crippen molar-refractivity contribution in [3.8, 4) is 0 Å². The highest BCUT2D eigenvalue weighted by atomic mass is 35.5. The molecule has 4 heteroatoms. The summed E-state index contributed by atoms with van der Waals surface area (Å²) in [4.78, 5) is 0. The van der Waals surface area contributed by atoms with Crippen molar-refractivity contribution in [2.45, 2.75) is 6.54 Å². The highest BCUT2D eigenvalue weighted by Crippen LogP contribution is 2.22. The Labute approximate surface area is 104 Å². The zero-order valence-corrected chi connectivity index (χ0v) is 9.84. The first kappa shape index (κ1) is 11.7. The first-order chi connectivity index (χ1) is 8.16. The van der Waals surface area contributed by atoms with E-state index in [0.717, 1.165) is 5.56 Å². The Morgan fingerprint density at radius 1 is 1.12 bits per heavy atom. The van der Waals surface area contributed by atoms with E-state index in [1.807, 2.05) is 12.1 Å². The van der Waals surface area contributed by atoms with Crippen molar-refractivity contribution < 1.29 is 4.39 Å². The lowest BCUT2D eigenvalue weighted by Crippen LogP contribution is -2.04. The summed E-state index contributed by atoms with van der Waals surface area (Å²) in [6, 6.07) is 12.0. The first-order valence-corrected chi connectivity index (χ1v) is 5.57. The highest BCUT2D eigenvalue weighted by Gasteiger charge is 2.04. The van der Waals surface area contributed by atoms with Gasteiger partial charge in [0.25, 0.3) is 0 Å². The second-order valence-electron chi connectivity index (χ2n) is 3.68. The molecule has 0 saturated carbocycles. The van der Waals surface area contributed by atoms with Crippen LogP contribution >= 0.6 is 11.6 Å². The number of nitrogens with one attached hydrogen (secondary N) is 1. The van der Waals surface area contributed by atoms with Gasteiger partial charge in [-0.3, -0.25) is 0 Å². The molecule has 0 aliphatic heterocycles. The van der Waals surface area contributed by atoms with E-state index < -0.39 is 0 Å². The van der Waals surface area contributed by atoms with Crippen LogP contribution in [0.15, 0.2) is 42.5 Å². The summed E-state index contributed by atoms with van der Waals surface area (Å²) in [7, 11) is 0. The van der Waals surface area contributed by atoms with E-state index in [2.05, 4.69) is 5.32 Å². The molecule has 0 saturated heterocycles. The molecule has 0 heterocycles. The molecular weight excluding hydrogens is 239 g/mol. The number of hydrogen-bond donors (Lipinski definition) is 2. The molecule has 0 amide bonds. The van der Waals surface area contributed by atoms with E-state index in [0.29, 0.717) is 22.9 Å². The number of para-hydroxylation sites is 1. The fraction of sp³-hybridized carbons (Fsp3) is 0.0769. The molecule has 0 spiro atoms. The van der Waals surface area contributed by atoms with E-state index >= 15 is 0 Å². The molecule has 17 heavy (non-hydrogen) atoms. The van der Waals surface area contributed by atoms with Gasteiger partial charge in [-0.2, -0.15) is 0 Å².